The molecule has 0 fully saturated rings. The van der Waals surface area contributed by atoms with Crippen LogP contribution in [0.15, 0.2) is 40.8 Å². The van der Waals surface area contributed by atoms with Gasteiger partial charge in [0.25, 0.3) is 5.91 Å². The maximum atomic E-state index is 12.0. The number of nitrogens with one attached hydrogen (secondary N) is 1. The number of hydrogen-bond donors (Lipinski definition) is 2. The molecule has 1 amide bonds. The number of hydrogen-bond acceptors (Lipinski definition) is 3. The number of aryl methyl sites for hydroxylation is 1. The molecule has 0 spiro atoms. The Balaban J connectivity index is 2.16. The summed E-state index contributed by atoms with van der Waals surface area (Å²) >= 11 is 0. The Hall–Kier alpha value is -2.56. The quantitative estimate of drug-likeness (QED) is 0.886. The molecule has 0 radical (unpaired) electrons. The SMILES string of the molecule is CC[C@H](NC(=O)c1ccc(-c2cccc(C)c2)o1)C(=O)O. The predicted octanol–water partition coefficient (Wildman–Crippen LogP) is 2.85. The second-order valence-electron chi connectivity index (χ2n) is 4.81. The Morgan fingerprint density at radius 2 is 2.05 bits per heavy atom. The summed E-state index contributed by atoms with van der Waals surface area (Å²) in [6.45, 7) is 3.66. The van der Waals surface area contributed by atoms with Crippen LogP contribution in [0.1, 0.15) is 29.5 Å². The van der Waals surface area contributed by atoms with Crippen LogP contribution in [0.25, 0.3) is 11.3 Å². The van der Waals surface area contributed by atoms with Crippen LogP contribution < -0.4 is 5.32 Å². The second kappa shape index (κ2) is 6.26. The minimum atomic E-state index is -1.06. The van der Waals surface area contributed by atoms with Gasteiger partial charge < -0.3 is 14.8 Å². The molecule has 2 N–H and O–H groups in total. The highest BCUT2D eigenvalue weighted by molar-refractivity contribution is 5.94. The van der Waals surface area contributed by atoms with Crippen LogP contribution in [0.4, 0.5) is 0 Å². The van der Waals surface area contributed by atoms with Gasteiger partial charge in [0.05, 0.1) is 0 Å². The summed E-state index contributed by atoms with van der Waals surface area (Å²) in [4.78, 5) is 22.9. The van der Waals surface area contributed by atoms with E-state index in [2.05, 4.69) is 5.32 Å². The number of amides is 1. The highest BCUT2D eigenvalue weighted by Gasteiger charge is 2.20. The number of aliphatic carboxylic acids is 1. The van der Waals surface area contributed by atoms with Crippen molar-refractivity contribution < 1.29 is 19.1 Å². The van der Waals surface area contributed by atoms with Crippen LogP contribution >= 0.6 is 0 Å². The van der Waals surface area contributed by atoms with Crippen molar-refractivity contribution >= 4 is 11.9 Å². The lowest BCUT2D eigenvalue weighted by molar-refractivity contribution is -0.139. The third kappa shape index (κ3) is 3.51. The minimum absolute atomic E-state index is 0.103. The molecule has 0 aliphatic heterocycles. The molecule has 21 heavy (non-hydrogen) atoms. The molecule has 5 nitrogen and oxygen atoms in total. The summed E-state index contributed by atoms with van der Waals surface area (Å²) in [5, 5.41) is 11.4. The van der Waals surface area contributed by atoms with Gasteiger partial charge in [-0.1, -0.05) is 30.7 Å². The highest BCUT2D eigenvalue weighted by Crippen LogP contribution is 2.23. The minimum Gasteiger partial charge on any atom is -0.480 e. The molecule has 2 rings (SSSR count). The van der Waals surface area contributed by atoms with Crippen molar-refractivity contribution in [2.24, 2.45) is 0 Å². The van der Waals surface area contributed by atoms with E-state index in [1.165, 1.54) is 0 Å². The maximum absolute atomic E-state index is 12.0. The first kappa shape index (κ1) is 14.8. The molecule has 0 bridgehead atoms. The van der Waals surface area contributed by atoms with E-state index in [9.17, 15) is 9.59 Å². The lowest BCUT2D eigenvalue weighted by Crippen LogP contribution is -2.40. The molecule has 110 valence electrons. The van der Waals surface area contributed by atoms with Crippen molar-refractivity contribution in [2.45, 2.75) is 26.3 Å². The van der Waals surface area contributed by atoms with Crippen LogP contribution in [0.2, 0.25) is 0 Å². The molecule has 0 unspecified atom stereocenters. The first-order chi connectivity index (χ1) is 10.0. The third-order valence-electron chi connectivity index (χ3n) is 3.14. The van der Waals surface area contributed by atoms with E-state index in [0.717, 1.165) is 11.1 Å². The van der Waals surface area contributed by atoms with Crippen LogP contribution in [-0.4, -0.2) is 23.0 Å². The van der Waals surface area contributed by atoms with Crippen molar-refractivity contribution in [3.05, 3.63) is 47.7 Å². The van der Waals surface area contributed by atoms with E-state index < -0.39 is 17.9 Å². The van der Waals surface area contributed by atoms with Gasteiger partial charge >= 0.3 is 5.97 Å². The fourth-order valence-electron chi connectivity index (χ4n) is 1.98. The fraction of sp³-hybridized carbons (Fsp3) is 0.250. The summed E-state index contributed by atoms with van der Waals surface area (Å²) in [6.07, 6.45) is 0.312. The van der Waals surface area contributed by atoms with E-state index in [1.807, 2.05) is 31.2 Å². The maximum Gasteiger partial charge on any atom is 0.326 e. The number of benzene rings is 1. The number of carbonyl (C=O) groups excluding carboxylic acids is 1. The van der Waals surface area contributed by atoms with E-state index in [1.54, 1.807) is 19.1 Å². The van der Waals surface area contributed by atoms with Crippen LogP contribution in [-0.2, 0) is 4.79 Å². The lowest BCUT2D eigenvalue weighted by atomic mass is 10.1. The zero-order valence-corrected chi connectivity index (χ0v) is 11.9. The van der Waals surface area contributed by atoms with Crippen LogP contribution in [0.5, 0.6) is 0 Å². The Labute approximate surface area is 122 Å². The van der Waals surface area contributed by atoms with Gasteiger partial charge in [-0.15, -0.1) is 0 Å². The molecular weight excluding hydrogens is 270 g/mol. The number of carboxylic acids is 1. The highest BCUT2D eigenvalue weighted by atomic mass is 16.4. The van der Waals surface area contributed by atoms with Gasteiger partial charge in [0.15, 0.2) is 5.76 Å². The van der Waals surface area contributed by atoms with Gasteiger partial charge in [-0.2, -0.15) is 0 Å². The van der Waals surface area contributed by atoms with E-state index in [-0.39, 0.29) is 5.76 Å². The number of carboxylic acid groups (broad SMARTS) is 1. The predicted molar refractivity (Wildman–Crippen MR) is 78.1 cm³/mol. The Morgan fingerprint density at radius 1 is 1.29 bits per heavy atom. The normalized spacial score (nSPS) is 11.9. The zero-order chi connectivity index (χ0) is 15.4. The summed E-state index contributed by atoms with van der Waals surface area (Å²) in [5.41, 5.74) is 1.96. The summed E-state index contributed by atoms with van der Waals surface area (Å²) in [7, 11) is 0. The molecule has 0 saturated heterocycles. The van der Waals surface area contributed by atoms with Gasteiger partial charge in [0.1, 0.15) is 11.8 Å². The third-order valence-corrected chi connectivity index (χ3v) is 3.14. The molecule has 0 aliphatic rings. The molecule has 1 atom stereocenters. The van der Waals surface area contributed by atoms with Gasteiger partial charge in [0.2, 0.25) is 0 Å². The van der Waals surface area contributed by atoms with Crippen LogP contribution in [0, 0.1) is 6.92 Å². The topological polar surface area (TPSA) is 79.5 Å². The van der Waals surface area contributed by atoms with E-state index in [0.29, 0.717) is 12.2 Å². The average Bonchev–Trinajstić information content (AvgIpc) is 2.94. The smallest absolute Gasteiger partial charge is 0.326 e. The van der Waals surface area contributed by atoms with Gasteiger partial charge in [-0.3, -0.25) is 4.79 Å². The summed E-state index contributed by atoms with van der Waals surface area (Å²) in [6, 6.07) is 10.0. The summed E-state index contributed by atoms with van der Waals surface area (Å²) in [5.74, 6) is -0.905. The van der Waals surface area contributed by atoms with E-state index >= 15 is 0 Å². The molecule has 1 aromatic carbocycles. The lowest BCUT2D eigenvalue weighted by Gasteiger charge is -2.10. The van der Waals surface area contributed by atoms with Crippen molar-refractivity contribution in [3.63, 3.8) is 0 Å². The average molecular weight is 287 g/mol. The number of furan rings is 1. The first-order valence-corrected chi connectivity index (χ1v) is 6.71. The van der Waals surface area contributed by atoms with E-state index in [4.69, 9.17) is 9.52 Å². The fourth-order valence-corrected chi connectivity index (χ4v) is 1.98. The Bertz CT molecular complexity index is 660. The number of carbonyl (C=O) groups is 2. The van der Waals surface area contributed by atoms with Gasteiger partial charge in [0, 0.05) is 5.56 Å². The first-order valence-electron chi connectivity index (χ1n) is 6.71. The monoisotopic (exact) mass is 287 g/mol. The van der Waals surface area contributed by atoms with Crippen molar-refractivity contribution in [3.8, 4) is 11.3 Å². The molecule has 0 saturated carbocycles. The Morgan fingerprint density at radius 3 is 2.67 bits per heavy atom. The number of rotatable bonds is 5. The van der Waals surface area contributed by atoms with Crippen molar-refractivity contribution in [2.75, 3.05) is 0 Å². The van der Waals surface area contributed by atoms with Gasteiger partial charge in [-0.05, 0) is 31.5 Å². The molecule has 2 aromatic rings. The Kier molecular flexibility index (Phi) is 4.42. The van der Waals surface area contributed by atoms with Crippen molar-refractivity contribution in [1.82, 2.24) is 5.32 Å². The zero-order valence-electron chi connectivity index (χ0n) is 11.9. The molecular formula is C16H17NO4. The molecule has 5 heteroatoms. The largest absolute Gasteiger partial charge is 0.480 e. The molecule has 0 aliphatic carbocycles. The second-order valence-corrected chi connectivity index (χ2v) is 4.81. The standard InChI is InChI=1S/C16H17NO4/c1-3-12(16(19)20)17-15(18)14-8-7-13(21-14)11-6-4-5-10(2)9-11/h4-9,12H,3H2,1-2H3,(H,17,18)(H,19,20)/t12-/m0/s1. The van der Waals surface area contributed by atoms with Crippen LogP contribution in [0.3, 0.4) is 0 Å². The summed E-state index contributed by atoms with van der Waals surface area (Å²) < 4.78 is 5.51. The van der Waals surface area contributed by atoms with Crippen molar-refractivity contribution in [1.29, 1.82) is 0 Å². The van der Waals surface area contributed by atoms with Gasteiger partial charge in [-0.25, -0.2) is 4.79 Å². The molecule has 1 heterocycles. The molecule has 1 aromatic heterocycles.